The van der Waals surface area contributed by atoms with Gasteiger partial charge in [-0.2, -0.15) is 0 Å². The van der Waals surface area contributed by atoms with Gasteiger partial charge < -0.3 is 10.2 Å². The molecule has 0 heterocycles. The molecule has 18 heavy (non-hydrogen) atoms. The molecule has 0 unspecified atom stereocenters. The zero-order valence-electron chi connectivity index (χ0n) is 10.2. The number of aliphatic hydroxyl groups excluding tert-OH is 2. The zero-order chi connectivity index (χ0) is 13.4. The van der Waals surface area contributed by atoms with Gasteiger partial charge in [-0.15, -0.1) is 0 Å². The van der Waals surface area contributed by atoms with Crippen molar-refractivity contribution in [2.75, 3.05) is 26.3 Å². The number of nitrogens with zero attached hydrogens (tertiary/aromatic N) is 2. The highest BCUT2D eigenvalue weighted by Gasteiger charge is 2.09. The number of hydrogen-bond acceptors (Lipinski definition) is 5. The summed E-state index contributed by atoms with van der Waals surface area (Å²) in [6.45, 7) is 1.79. The van der Waals surface area contributed by atoms with Gasteiger partial charge in [0.2, 0.25) is 0 Å². The molecule has 0 aliphatic carbocycles. The maximum Gasteiger partial charge on any atom is 0.269 e. The molecule has 6 nitrogen and oxygen atoms in total. The van der Waals surface area contributed by atoms with Crippen LogP contribution < -0.4 is 0 Å². The first kappa shape index (κ1) is 14.6. The van der Waals surface area contributed by atoms with E-state index in [1.165, 1.54) is 12.1 Å². The number of nitro benzene ring substituents is 1. The Morgan fingerprint density at radius 3 is 2.61 bits per heavy atom. The Labute approximate surface area is 106 Å². The minimum atomic E-state index is -0.423. The highest BCUT2D eigenvalue weighted by Crippen LogP contribution is 2.14. The number of benzene rings is 1. The first-order valence-corrected chi connectivity index (χ1v) is 5.84. The molecule has 0 radical (unpaired) electrons. The molecule has 2 N–H and O–H groups in total. The lowest BCUT2D eigenvalue weighted by atomic mass is 10.2. The van der Waals surface area contributed by atoms with E-state index in [-0.39, 0.29) is 18.9 Å². The van der Waals surface area contributed by atoms with Crippen LogP contribution in [-0.2, 0) is 6.54 Å². The summed E-state index contributed by atoms with van der Waals surface area (Å²) in [7, 11) is 0. The van der Waals surface area contributed by atoms with Crippen LogP contribution in [0.5, 0.6) is 0 Å². The second-order valence-corrected chi connectivity index (χ2v) is 4.00. The summed E-state index contributed by atoms with van der Waals surface area (Å²) in [5.41, 5.74) is 0.897. The molecule has 0 aromatic heterocycles. The summed E-state index contributed by atoms with van der Waals surface area (Å²) in [6.07, 6.45) is 0.620. The van der Waals surface area contributed by atoms with Crippen molar-refractivity contribution < 1.29 is 15.1 Å². The van der Waals surface area contributed by atoms with Crippen LogP contribution in [0.25, 0.3) is 0 Å². The van der Waals surface area contributed by atoms with Crippen LogP contribution in [0.3, 0.4) is 0 Å². The van der Waals surface area contributed by atoms with Crippen LogP contribution >= 0.6 is 0 Å². The molecule has 0 saturated carbocycles. The zero-order valence-corrected chi connectivity index (χ0v) is 10.2. The summed E-state index contributed by atoms with van der Waals surface area (Å²) in [4.78, 5) is 12.2. The van der Waals surface area contributed by atoms with E-state index in [0.29, 0.717) is 26.1 Å². The van der Waals surface area contributed by atoms with E-state index in [9.17, 15) is 10.1 Å². The van der Waals surface area contributed by atoms with Gasteiger partial charge in [-0.05, 0) is 12.0 Å². The Morgan fingerprint density at radius 1 is 1.22 bits per heavy atom. The fourth-order valence-corrected chi connectivity index (χ4v) is 1.73. The summed E-state index contributed by atoms with van der Waals surface area (Å²) >= 11 is 0. The molecule has 0 amide bonds. The molecule has 6 heteroatoms. The molecule has 100 valence electrons. The van der Waals surface area contributed by atoms with Gasteiger partial charge in [0, 0.05) is 38.4 Å². The van der Waals surface area contributed by atoms with Crippen molar-refractivity contribution in [2.24, 2.45) is 0 Å². The lowest BCUT2D eigenvalue weighted by molar-refractivity contribution is -0.384. The van der Waals surface area contributed by atoms with Crippen LogP contribution in [0.4, 0.5) is 5.69 Å². The molecule has 1 aromatic rings. The van der Waals surface area contributed by atoms with Crippen molar-refractivity contribution in [1.29, 1.82) is 0 Å². The van der Waals surface area contributed by atoms with Crippen molar-refractivity contribution >= 4 is 5.69 Å². The smallest absolute Gasteiger partial charge is 0.269 e. The van der Waals surface area contributed by atoms with Crippen molar-refractivity contribution in [3.63, 3.8) is 0 Å². The van der Waals surface area contributed by atoms with E-state index in [1.54, 1.807) is 6.07 Å². The molecule has 0 bridgehead atoms. The third-order valence-corrected chi connectivity index (χ3v) is 2.58. The third-order valence-electron chi connectivity index (χ3n) is 2.58. The van der Waals surface area contributed by atoms with Crippen molar-refractivity contribution in [1.82, 2.24) is 4.90 Å². The minimum Gasteiger partial charge on any atom is -0.396 e. The van der Waals surface area contributed by atoms with Crippen LogP contribution in [-0.4, -0.2) is 46.3 Å². The molecule has 1 aromatic carbocycles. The second-order valence-electron chi connectivity index (χ2n) is 4.00. The molecule has 0 aliphatic heterocycles. The van der Waals surface area contributed by atoms with Crippen LogP contribution in [0.2, 0.25) is 0 Å². The van der Waals surface area contributed by atoms with Crippen LogP contribution in [0, 0.1) is 10.1 Å². The Balaban J connectivity index is 2.67. The molecular formula is C12H18N2O4. The van der Waals surface area contributed by atoms with Gasteiger partial charge in [-0.1, -0.05) is 12.1 Å². The summed E-state index contributed by atoms with van der Waals surface area (Å²) in [5.74, 6) is 0. The largest absolute Gasteiger partial charge is 0.396 e. The average Bonchev–Trinajstić information content (AvgIpc) is 2.36. The predicted molar refractivity (Wildman–Crippen MR) is 67.2 cm³/mol. The number of hydrogen-bond donors (Lipinski definition) is 2. The quantitative estimate of drug-likeness (QED) is 0.528. The van der Waals surface area contributed by atoms with Gasteiger partial charge in [0.05, 0.1) is 11.5 Å². The van der Waals surface area contributed by atoms with Crippen molar-refractivity contribution in [2.45, 2.75) is 13.0 Å². The lowest BCUT2D eigenvalue weighted by Gasteiger charge is -2.20. The SMILES string of the molecule is O=[N+]([O-])c1cccc(CN(CCO)CCCO)c1. The monoisotopic (exact) mass is 254 g/mol. The molecule has 0 aliphatic rings. The Bertz CT molecular complexity index is 384. The number of non-ortho nitro benzene ring substituents is 1. The molecule has 0 atom stereocenters. The van der Waals surface area contributed by atoms with E-state index in [1.807, 2.05) is 11.0 Å². The van der Waals surface area contributed by atoms with Gasteiger partial charge in [0.25, 0.3) is 5.69 Å². The molecule has 1 rings (SSSR count). The Hall–Kier alpha value is -1.50. The standard InChI is InChI=1S/C12H18N2O4/c15-7-2-5-13(6-8-16)10-11-3-1-4-12(9-11)14(17)18/h1,3-4,9,15-16H,2,5-8,10H2. The summed E-state index contributed by atoms with van der Waals surface area (Å²) in [5, 5.41) is 28.4. The fourth-order valence-electron chi connectivity index (χ4n) is 1.73. The van der Waals surface area contributed by atoms with E-state index in [4.69, 9.17) is 10.2 Å². The van der Waals surface area contributed by atoms with Crippen molar-refractivity contribution in [3.8, 4) is 0 Å². The van der Waals surface area contributed by atoms with E-state index in [2.05, 4.69) is 0 Å². The first-order chi connectivity index (χ1) is 8.67. The third kappa shape index (κ3) is 4.79. The van der Waals surface area contributed by atoms with Crippen molar-refractivity contribution in [3.05, 3.63) is 39.9 Å². The molecule has 0 fully saturated rings. The lowest BCUT2D eigenvalue weighted by Crippen LogP contribution is -2.28. The normalized spacial score (nSPS) is 10.8. The summed E-state index contributed by atoms with van der Waals surface area (Å²) in [6, 6.07) is 6.45. The van der Waals surface area contributed by atoms with E-state index in [0.717, 1.165) is 5.56 Å². The number of aliphatic hydroxyl groups is 2. The molecular weight excluding hydrogens is 236 g/mol. The van der Waals surface area contributed by atoms with Gasteiger partial charge in [0.1, 0.15) is 0 Å². The van der Waals surface area contributed by atoms with Crippen LogP contribution in [0.15, 0.2) is 24.3 Å². The number of rotatable bonds is 8. The highest BCUT2D eigenvalue weighted by molar-refractivity contribution is 5.34. The first-order valence-electron chi connectivity index (χ1n) is 5.84. The second kappa shape index (κ2) is 7.75. The predicted octanol–water partition coefficient (Wildman–Crippen LogP) is 0.772. The fraction of sp³-hybridized carbons (Fsp3) is 0.500. The van der Waals surface area contributed by atoms with Gasteiger partial charge >= 0.3 is 0 Å². The van der Waals surface area contributed by atoms with Gasteiger partial charge in [0.15, 0.2) is 0 Å². The highest BCUT2D eigenvalue weighted by atomic mass is 16.6. The van der Waals surface area contributed by atoms with Crippen LogP contribution in [0.1, 0.15) is 12.0 Å². The van der Waals surface area contributed by atoms with Gasteiger partial charge in [-0.3, -0.25) is 15.0 Å². The number of nitro groups is 1. The van der Waals surface area contributed by atoms with E-state index < -0.39 is 4.92 Å². The van der Waals surface area contributed by atoms with E-state index >= 15 is 0 Å². The Morgan fingerprint density at radius 2 is 2.00 bits per heavy atom. The Kier molecular flexibility index (Phi) is 6.27. The average molecular weight is 254 g/mol. The topological polar surface area (TPSA) is 86.8 Å². The maximum absolute atomic E-state index is 10.7. The minimum absolute atomic E-state index is 0.0281. The molecule has 0 saturated heterocycles. The van der Waals surface area contributed by atoms with Gasteiger partial charge in [-0.25, -0.2) is 0 Å². The maximum atomic E-state index is 10.7. The molecule has 0 spiro atoms. The summed E-state index contributed by atoms with van der Waals surface area (Å²) < 4.78 is 0.